The van der Waals surface area contributed by atoms with Crippen molar-refractivity contribution in [3.8, 4) is 6.07 Å². The lowest BCUT2D eigenvalue weighted by Crippen LogP contribution is -2.00. The summed E-state index contributed by atoms with van der Waals surface area (Å²) in [7, 11) is 0. The first-order chi connectivity index (χ1) is 6.13. The third kappa shape index (κ3) is 2.70. The second kappa shape index (κ2) is 4.23. The van der Waals surface area contributed by atoms with E-state index in [2.05, 4.69) is 0 Å². The number of aliphatic carboxylic acids is 1. The molecule has 0 saturated heterocycles. The largest absolute Gasteiger partial charge is 0.481 e. The summed E-state index contributed by atoms with van der Waals surface area (Å²) in [5, 5.41) is 17.2. The highest BCUT2D eigenvalue weighted by Gasteiger charge is 2.03. The van der Waals surface area contributed by atoms with Gasteiger partial charge in [-0.25, -0.2) is 0 Å². The topological polar surface area (TPSA) is 61.1 Å². The van der Waals surface area contributed by atoms with Crippen LogP contribution in [-0.4, -0.2) is 11.1 Å². The van der Waals surface area contributed by atoms with E-state index in [1.807, 2.05) is 28.7 Å². The molecule has 0 heterocycles. The fourth-order valence-electron chi connectivity index (χ4n) is 0.943. The van der Waals surface area contributed by atoms with Crippen LogP contribution in [0.25, 0.3) is 0 Å². The fourth-order valence-corrected chi connectivity index (χ4v) is 1.40. The van der Waals surface area contributed by atoms with Crippen LogP contribution in [0.5, 0.6) is 0 Å². The maximum Gasteiger partial charge on any atom is 0.307 e. The van der Waals surface area contributed by atoms with Gasteiger partial charge in [-0.3, -0.25) is 4.79 Å². The minimum absolute atomic E-state index is 0.0361. The maximum atomic E-state index is 10.4. The zero-order chi connectivity index (χ0) is 9.84. The van der Waals surface area contributed by atoms with E-state index in [1.165, 1.54) is 0 Å². The Morgan fingerprint density at radius 1 is 1.62 bits per heavy atom. The van der Waals surface area contributed by atoms with Crippen molar-refractivity contribution >= 4 is 28.6 Å². The lowest BCUT2D eigenvalue weighted by atomic mass is 10.1. The third-order valence-corrected chi connectivity index (χ3v) is 2.45. The zero-order valence-corrected chi connectivity index (χ0v) is 8.78. The number of benzene rings is 1. The first kappa shape index (κ1) is 9.99. The first-order valence-electron chi connectivity index (χ1n) is 3.54. The quantitative estimate of drug-likeness (QED) is 0.843. The van der Waals surface area contributed by atoms with Crippen LogP contribution in [0.4, 0.5) is 0 Å². The van der Waals surface area contributed by atoms with Gasteiger partial charge in [-0.15, -0.1) is 0 Å². The predicted molar refractivity (Wildman–Crippen MR) is 55.2 cm³/mol. The molecule has 13 heavy (non-hydrogen) atoms. The predicted octanol–water partition coefficient (Wildman–Crippen LogP) is 1.79. The van der Waals surface area contributed by atoms with Gasteiger partial charge in [0.05, 0.1) is 12.0 Å². The highest BCUT2D eigenvalue weighted by molar-refractivity contribution is 14.1. The number of nitrogens with zero attached hydrogens (tertiary/aromatic N) is 1. The number of rotatable bonds is 2. The highest BCUT2D eigenvalue weighted by Crippen LogP contribution is 2.13. The number of carboxylic acids is 1. The minimum Gasteiger partial charge on any atom is -0.481 e. The summed E-state index contributed by atoms with van der Waals surface area (Å²) in [5.74, 6) is -0.884. The van der Waals surface area contributed by atoms with Crippen molar-refractivity contribution in [1.29, 1.82) is 5.26 Å². The molecule has 0 aliphatic carbocycles. The molecule has 0 unspecified atom stereocenters. The van der Waals surface area contributed by atoms with Crippen molar-refractivity contribution in [1.82, 2.24) is 0 Å². The molecule has 1 aromatic carbocycles. The van der Waals surface area contributed by atoms with E-state index in [0.717, 1.165) is 3.57 Å². The molecule has 1 N–H and O–H groups in total. The van der Waals surface area contributed by atoms with Crippen LogP contribution in [0.15, 0.2) is 18.2 Å². The van der Waals surface area contributed by atoms with E-state index in [1.54, 1.807) is 18.2 Å². The Hall–Kier alpha value is -1.09. The standard InChI is InChI=1S/C9H6INO2/c10-8-2-1-6(4-9(12)13)3-7(8)5-11/h1-3H,4H2,(H,12,13). The van der Waals surface area contributed by atoms with Gasteiger partial charge in [0.15, 0.2) is 0 Å². The number of halogens is 1. The second-order valence-corrected chi connectivity index (χ2v) is 3.66. The second-order valence-electron chi connectivity index (χ2n) is 2.50. The van der Waals surface area contributed by atoms with E-state index in [9.17, 15) is 4.79 Å². The van der Waals surface area contributed by atoms with Gasteiger partial charge in [0, 0.05) is 3.57 Å². The van der Waals surface area contributed by atoms with Crippen molar-refractivity contribution in [2.45, 2.75) is 6.42 Å². The van der Waals surface area contributed by atoms with Crippen LogP contribution in [-0.2, 0) is 11.2 Å². The van der Waals surface area contributed by atoms with Gasteiger partial charge >= 0.3 is 5.97 Å². The maximum absolute atomic E-state index is 10.4. The van der Waals surface area contributed by atoms with Crippen molar-refractivity contribution in [3.63, 3.8) is 0 Å². The van der Waals surface area contributed by atoms with E-state index < -0.39 is 5.97 Å². The summed E-state index contributed by atoms with van der Waals surface area (Å²) in [6.07, 6.45) is -0.0361. The van der Waals surface area contributed by atoms with E-state index >= 15 is 0 Å². The van der Waals surface area contributed by atoms with Crippen LogP contribution < -0.4 is 0 Å². The number of carbonyl (C=O) groups is 1. The Balaban J connectivity index is 3.01. The van der Waals surface area contributed by atoms with Crippen LogP contribution in [0.1, 0.15) is 11.1 Å². The molecule has 1 rings (SSSR count). The Kier molecular flexibility index (Phi) is 3.25. The summed E-state index contributed by atoms with van der Waals surface area (Å²) >= 11 is 2.04. The molecule has 0 amide bonds. The summed E-state index contributed by atoms with van der Waals surface area (Å²) in [4.78, 5) is 10.4. The van der Waals surface area contributed by atoms with E-state index in [-0.39, 0.29) is 6.42 Å². The average molecular weight is 287 g/mol. The molecule has 0 aliphatic heterocycles. The van der Waals surface area contributed by atoms with Crippen molar-refractivity contribution in [2.24, 2.45) is 0 Å². The van der Waals surface area contributed by atoms with Crippen LogP contribution in [0.3, 0.4) is 0 Å². The van der Waals surface area contributed by atoms with Crippen LogP contribution in [0.2, 0.25) is 0 Å². The summed E-state index contributed by atoms with van der Waals surface area (Å²) < 4.78 is 0.842. The van der Waals surface area contributed by atoms with Gasteiger partial charge in [-0.05, 0) is 40.3 Å². The van der Waals surface area contributed by atoms with E-state index in [0.29, 0.717) is 11.1 Å². The molecule has 66 valence electrons. The molecule has 0 saturated carbocycles. The molecule has 0 spiro atoms. The van der Waals surface area contributed by atoms with Gasteiger partial charge in [-0.2, -0.15) is 5.26 Å². The smallest absolute Gasteiger partial charge is 0.307 e. The Morgan fingerprint density at radius 3 is 2.85 bits per heavy atom. The van der Waals surface area contributed by atoms with Crippen LogP contribution in [0, 0.1) is 14.9 Å². The number of nitriles is 1. The Morgan fingerprint density at radius 2 is 2.31 bits per heavy atom. The SMILES string of the molecule is N#Cc1cc(CC(=O)O)ccc1I. The normalized spacial score (nSPS) is 9.23. The molecule has 0 fully saturated rings. The van der Waals surface area contributed by atoms with E-state index in [4.69, 9.17) is 10.4 Å². The Bertz CT molecular complexity index is 382. The summed E-state index contributed by atoms with van der Waals surface area (Å²) in [6, 6.07) is 7.08. The molecular weight excluding hydrogens is 281 g/mol. The zero-order valence-electron chi connectivity index (χ0n) is 6.62. The van der Waals surface area contributed by atoms with Crippen LogP contribution >= 0.6 is 22.6 Å². The number of hydrogen-bond donors (Lipinski definition) is 1. The van der Waals surface area contributed by atoms with Crippen molar-refractivity contribution in [2.75, 3.05) is 0 Å². The lowest BCUT2D eigenvalue weighted by Gasteiger charge is -1.99. The molecule has 0 bridgehead atoms. The highest BCUT2D eigenvalue weighted by atomic mass is 127. The monoisotopic (exact) mass is 287 g/mol. The molecule has 0 radical (unpaired) electrons. The molecule has 0 aromatic heterocycles. The molecule has 0 aliphatic rings. The fraction of sp³-hybridized carbons (Fsp3) is 0.111. The lowest BCUT2D eigenvalue weighted by molar-refractivity contribution is -0.136. The summed E-state index contributed by atoms with van der Waals surface area (Å²) in [6.45, 7) is 0. The minimum atomic E-state index is -0.884. The molecule has 0 atom stereocenters. The van der Waals surface area contributed by atoms with Gasteiger partial charge in [0.25, 0.3) is 0 Å². The van der Waals surface area contributed by atoms with Gasteiger partial charge in [-0.1, -0.05) is 6.07 Å². The van der Waals surface area contributed by atoms with Crippen molar-refractivity contribution < 1.29 is 9.90 Å². The average Bonchev–Trinajstić information content (AvgIpc) is 2.07. The van der Waals surface area contributed by atoms with Gasteiger partial charge in [0.2, 0.25) is 0 Å². The first-order valence-corrected chi connectivity index (χ1v) is 4.61. The molecule has 4 heteroatoms. The molecule has 3 nitrogen and oxygen atoms in total. The van der Waals surface area contributed by atoms with Gasteiger partial charge < -0.3 is 5.11 Å². The van der Waals surface area contributed by atoms with Gasteiger partial charge in [0.1, 0.15) is 6.07 Å². The molecule has 1 aromatic rings. The molecular formula is C9H6INO2. The third-order valence-electron chi connectivity index (χ3n) is 1.51. The summed E-state index contributed by atoms with van der Waals surface area (Å²) in [5.41, 5.74) is 1.18. The number of hydrogen-bond acceptors (Lipinski definition) is 2. The number of carboxylic acid groups (broad SMARTS) is 1. The van der Waals surface area contributed by atoms with Crippen molar-refractivity contribution in [3.05, 3.63) is 32.9 Å². The Labute approximate surface area is 89.1 Å².